The minimum absolute atomic E-state index is 0.0665. The molecule has 1 saturated heterocycles. The lowest BCUT2D eigenvalue weighted by molar-refractivity contribution is -0.133. The van der Waals surface area contributed by atoms with Gasteiger partial charge in [-0.2, -0.15) is 0 Å². The van der Waals surface area contributed by atoms with E-state index in [2.05, 4.69) is 24.3 Å². The molecule has 0 spiro atoms. The van der Waals surface area contributed by atoms with Crippen molar-refractivity contribution in [2.24, 2.45) is 17.8 Å². The van der Waals surface area contributed by atoms with Gasteiger partial charge < -0.3 is 4.74 Å². The first-order valence-corrected chi connectivity index (χ1v) is 7.47. The minimum atomic E-state index is -0.487. The first-order chi connectivity index (χ1) is 10.3. The van der Waals surface area contributed by atoms with Crippen LogP contribution in [0.4, 0.5) is 4.79 Å². The maximum absolute atomic E-state index is 12.8. The molecule has 108 valence electrons. The highest BCUT2D eigenvalue weighted by atomic mass is 16.6. The number of fused-ring (bicyclic) bond motifs is 2. The molecule has 1 saturated carbocycles. The number of ether oxygens (including phenoxy) is 1. The summed E-state index contributed by atoms with van der Waals surface area (Å²) in [6, 6.07) is 10.2. The van der Waals surface area contributed by atoms with E-state index in [1.807, 2.05) is 18.2 Å². The van der Waals surface area contributed by atoms with Crippen molar-refractivity contribution in [3.63, 3.8) is 0 Å². The molecule has 0 aromatic heterocycles. The summed E-state index contributed by atoms with van der Waals surface area (Å²) in [5.74, 6) is 0.643. The highest BCUT2D eigenvalue weighted by molar-refractivity contribution is 5.95. The lowest BCUT2D eigenvalue weighted by Crippen LogP contribution is -2.40. The van der Waals surface area contributed by atoms with Crippen LogP contribution in [0.25, 0.3) is 0 Å². The minimum Gasteiger partial charge on any atom is -0.447 e. The molecule has 4 nitrogen and oxygen atoms in total. The molecule has 2 aliphatic carbocycles. The molecular weight excluding hydrogens is 266 g/mol. The lowest BCUT2D eigenvalue weighted by atomic mass is 9.78. The summed E-state index contributed by atoms with van der Waals surface area (Å²) in [5, 5.41) is 0. The van der Waals surface area contributed by atoms with E-state index in [9.17, 15) is 9.59 Å². The van der Waals surface area contributed by atoms with E-state index < -0.39 is 6.09 Å². The number of carbonyl (C=O) groups excluding carboxylic acids is 2. The Morgan fingerprint density at radius 2 is 1.90 bits per heavy atom. The number of cyclic esters (lactones) is 1. The van der Waals surface area contributed by atoms with Crippen LogP contribution in [0.5, 0.6) is 0 Å². The van der Waals surface area contributed by atoms with E-state index in [4.69, 9.17) is 4.74 Å². The molecule has 0 radical (unpaired) electrons. The number of allylic oxidation sites excluding steroid dienone is 2. The van der Waals surface area contributed by atoms with Crippen LogP contribution in [-0.2, 0) is 9.53 Å². The summed E-state index contributed by atoms with van der Waals surface area (Å²) in [6.45, 7) is 0.702. The van der Waals surface area contributed by atoms with E-state index in [-0.39, 0.29) is 23.7 Å². The predicted molar refractivity (Wildman–Crippen MR) is 76.5 cm³/mol. The van der Waals surface area contributed by atoms with Crippen LogP contribution in [0.15, 0.2) is 42.5 Å². The molecule has 4 rings (SSSR count). The van der Waals surface area contributed by atoms with Gasteiger partial charge in [0.1, 0.15) is 6.61 Å². The Morgan fingerprint density at radius 3 is 2.62 bits per heavy atom. The number of hydrogen-bond donors (Lipinski definition) is 0. The Balaban J connectivity index is 1.68. The molecule has 1 heterocycles. The molecule has 21 heavy (non-hydrogen) atoms. The van der Waals surface area contributed by atoms with Crippen LogP contribution in [0.1, 0.15) is 17.9 Å². The zero-order valence-electron chi connectivity index (χ0n) is 11.6. The third-order valence-electron chi connectivity index (χ3n) is 4.96. The molecule has 2 amide bonds. The number of hydrogen-bond acceptors (Lipinski definition) is 3. The molecule has 2 bridgehead atoms. The molecule has 1 aliphatic heterocycles. The molecule has 0 N–H and O–H groups in total. The van der Waals surface area contributed by atoms with E-state index in [0.29, 0.717) is 19.1 Å². The van der Waals surface area contributed by atoms with Gasteiger partial charge in [0.2, 0.25) is 5.91 Å². The number of imide groups is 1. The maximum atomic E-state index is 12.8. The van der Waals surface area contributed by atoms with Gasteiger partial charge in [0, 0.05) is 5.92 Å². The van der Waals surface area contributed by atoms with Crippen LogP contribution < -0.4 is 0 Å². The summed E-state index contributed by atoms with van der Waals surface area (Å²) in [4.78, 5) is 25.8. The SMILES string of the molecule is O=C1OCCN1C(=O)[C@H]1[C@H](c2ccccc2)[C@@H]2C=C[C@@H]1C2. The fraction of sp³-hybridized carbons (Fsp3) is 0.412. The van der Waals surface area contributed by atoms with Crippen LogP contribution in [0.2, 0.25) is 0 Å². The van der Waals surface area contributed by atoms with E-state index >= 15 is 0 Å². The molecule has 4 atom stereocenters. The molecule has 1 aromatic carbocycles. The second kappa shape index (κ2) is 4.72. The Labute approximate surface area is 123 Å². The van der Waals surface area contributed by atoms with Gasteiger partial charge >= 0.3 is 6.09 Å². The number of benzene rings is 1. The van der Waals surface area contributed by atoms with Crippen molar-refractivity contribution in [1.82, 2.24) is 4.90 Å². The molecule has 4 heteroatoms. The highest BCUT2D eigenvalue weighted by Gasteiger charge is 2.51. The molecular formula is C17H17NO3. The highest BCUT2D eigenvalue weighted by Crippen LogP contribution is 2.53. The average molecular weight is 283 g/mol. The zero-order chi connectivity index (χ0) is 14.4. The van der Waals surface area contributed by atoms with Gasteiger partial charge in [-0.05, 0) is 23.8 Å². The Bertz CT molecular complexity index is 610. The normalized spacial score (nSPS) is 33.5. The maximum Gasteiger partial charge on any atom is 0.416 e. The summed E-state index contributed by atoms with van der Waals surface area (Å²) in [6.07, 6.45) is 4.90. The first-order valence-electron chi connectivity index (χ1n) is 7.47. The standard InChI is InChI=1S/C17H17NO3/c19-16(18-8-9-21-17(18)20)15-13-7-6-12(10-13)14(15)11-4-2-1-3-5-11/h1-7,12-15H,8-10H2/t12-,13-,14-,15-/m1/s1. The largest absolute Gasteiger partial charge is 0.447 e. The van der Waals surface area contributed by atoms with Crippen molar-refractivity contribution >= 4 is 12.0 Å². The monoisotopic (exact) mass is 283 g/mol. The molecule has 0 unspecified atom stereocenters. The molecule has 1 aromatic rings. The summed E-state index contributed by atoms with van der Waals surface area (Å²) in [5.41, 5.74) is 1.19. The van der Waals surface area contributed by atoms with Crippen LogP contribution in [0.3, 0.4) is 0 Å². The Morgan fingerprint density at radius 1 is 1.14 bits per heavy atom. The third-order valence-corrected chi connectivity index (χ3v) is 4.96. The predicted octanol–water partition coefficient (Wildman–Crippen LogP) is 2.57. The quantitative estimate of drug-likeness (QED) is 0.784. The Hall–Kier alpha value is -2.10. The van der Waals surface area contributed by atoms with Crippen LogP contribution in [-0.4, -0.2) is 30.1 Å². The van der Waals surface area contributed by atoms with Gasteiger partial charge in [-0.15, -0.1) is 0 Å². The van der Waals surface area contributed by atoms with Crippen LogP contribution >= 0.6 is 0 Å². The summed E-state index contributed by atoms with van der Waals surface area (Å²) >= 11 is 0. The average Bonchev–Trinajstić information content (AvgIpc) is 3.22. The molecule has 2 fully saturated rings. The van der Waals surface area contributed by atoms with Crippen LogP contribution in [0, 0.1) is 17.8 Å². The van der Waals surface area contributed by atoms with Crippen molar-refractivity contribution < 1.29 is 14.3 Å². The van der Waals surface area contributed by atoms with Gasteiger partial charge in [-0.1, -0.05) is 42.5 Å². The van der Waals surface area contributed by atoms with E-state index in [0.717, 1.165) is 6.42 Å². The summed E-state index contributed by atoms with van der Waals surface area (Å²) in [7, 11) is 0. The van der Waals surface area contributed by atoms with Crippen molar-refractivity contribution in [3.8, 4) is 0 Å². The second-order valence-electron chi connectivity index (χ2n) is 6.01. The number of amides is 2. The van der Waals surface area contributed by atoms with Gasteiger partial charge in [0.25, 0.3) is 0 Å². The molecule has 3 aliphatic rings. The second-order valence-corrected chi connectivity index (χ2v) is 6.01. The van der Waals surface area contributed by atoms with Gasteiger partial charge in [-0.3, -0.25) is 4.79 Å². The van der Waals surface area contributed by atoms with Crippen molar-refractivity contribution in [3.05, 3.63) is 48.0 Å². The smallest absolute Gasteiger partial charge is 0.416 e. The van der Waals surface area contributed by atoms with Gasteiger partial charge in [0.05, 0.1) is 12.5 Å². The number of rotatable bonds is 2. The summed E-state index contributed by atoms with van der Waals surface area (Å²) < 4.78 is 4.92. The third kappa shape index (κ3) is 1.89. The lowest BCUT2D eigenvalue weighted by Gasteiger charge is -2.29. The van der Waals surface area contributed by atoms with Crippen molar-refractivity contribution in [1.29, 1.82) is 0 Å². The van der Waals surface area contributed by atoms with E-state index in [1.54, 1.807) is 0 Å². The van der Waals surface area contributed by atoms with E-state index in [1.165, 1.54) is 10.5 Å². The Kier molecular flexibility index (Phi) is 2.84. The fourth-order valence-electron chi connectivity index (χ4n) is 4.06. The fourth-order valence-corrected chi connectivity index (χ4v) is 4.06. The van der Waals surface area contributed by atoms with Crippen molar-refractivity contribution in [2.45, 2.75) is 12.3 Å². The number of nitrogens with zero attached hydrogens (tertiary/aromatic N) is 1. The van der Waals surface area contributed by atoms with Gasteiger partial charge in [0.15, 0.2) is 0 Å². The zero-order valence-corrected chi connectivity index (χ0v) is 11.6. The first kappa shape index (κ1) is 12.6. The van der Waals surface area contributed by atoms with Gasteiger partial charge in [-0.25, -0.2) is 9.69 Å². The number of carbonyl (C=O) groups is 2. The van der Waals surface area contributed by atoms with Crippen molar-refractivity contribution in [2.75, 3.05) is 13.2 Å². The topological polar surface area (TPSA) is 46.6 Å².